The maximum atomic E-state index is 11.3. The van der Waals surface area contributed by atoms with Gasteiger partial charge in [0.25, 0.3) is 0 Å². The van der Waals surface area contributed by atoms with Gasteiger partial charge in [-0.1, -0.05) is 6.42 Å². The van der Waals surface area contributed by atoms with Crippen LogP contribution in [0.15, 0.2) is 0 Å². The molecule has 0 aromatic carbocycles. The van der Waals surface area contributed by atoms with Crippen LogP contribution < -0.4 is 11.1 Å². The molecular formula is C10H21N3O. The molecule has 0 aromatic heterocycles. The van der Waals surface area contributed by atoms with Gasteiger partial charge in [-0.05, 0) is 26.3 Å². The quantitative estimate of drug-likeness (QED) is 0.669. The predicted molar refractivity (Wildman–Crippen MR) is 56.9 cm³/mol. The Labute approximate surface area is 85.8 Å². The molecule has 0 spiro atoms. The maximum Gasteiger partial charge on any atom is 0.233 e. The van der Waals surface area contributed by atoms with E-state index in [0.717, 1.165) is 13.0 Å². The van der Waals surface area contributed by atoms with Crippen molar-refractivity contribution in [1.29, 1.82) is 0 Å². The van der Waals surface area contributed by atoms with Gasteiger partial charge in [0.1, 0.15) is 0 Å². The number of carbonyl (C=O) groups excluding carboxylic acids is 1. The van der Waals surface area contributed by atoms with Crippen LogP contribution in [0.25, 0.3) is 0 Å². The summed E-state index contributed by atoms with van der Waals surface area (Å²) in [6, 6.07) is 0.529. The molecule has 1 heterocycles. The lowest BCUT2D eigenvalue weighted by Gasteiger charge is -2.37. The Bertz CT molecular complexity index is 194. The summed E-state index contributed by atoms with van der Waals surface area (Å²) in [7, 11) is 1.67. The third-order valence-electron chi connectivity index (χ3n) is 2.90. The van der Waals surface area contributed by atoms with E-state index >= 15 is 0 Å². The van der Waals surface area contributed by atoms with E-state index in [1.807, 2.05) is 6.92 Å². The fourth-order valence-corrected chi connectivity index (χ4v) is 2.07. The molecule has 1 amide bonds. The number of hydrogen-bond acceptors (Lipinski definition) is 3. The molecule has 82 valence electrons. The van der Waals surface area contributed by atoms with Crippen LogP contribution in [-0.4, -0.2) is 43.0 Å². The molecule has 1 rings (SSSR count). The second kappa shape index (κ2) is 5.32. The first-order valence-electron chi connectivity index (χ1n) is 5.35. The fraction of sp³-hybridized carbons (Fsp3) is 0.900. The molecule has 0 saturated carbocycles. The molecule has 4 heteroatoms. The summed E-state index contributed by atoms with van der Waals surface area (Å²) in [5, 5.41) is 2.65. The highest BCUT2D eigenvalue weighted by Gasteiger charge is 2.26. The van der Waals surface area contributed by atoms with E-state index in [2.05, 4.69) is 10.2 Å². The summed E-state index contributed by atoms with van der Waals surface area (Å²) in [4.78, 5) is 13.5. The Kier molecular flexibility index (Phi) is 4.35. The lowest BCUT2D eigenvalue weighted by Crippen LogP contribution is -2.51. The Morgan fingerprint density at radius 2 is 2.36 bits per heavy atom. The van der Waals surface area contributed by atoms with E-state index in [-0.39, 0.29) is 11.9 Å². The third-order valence-corrected chi connectivity index (χ3v) is 2.90. The van der Waals surface area contributed by atoms with Gasteiger partial charge in [0.05, 0.1) is 6.54 Å². The average molecular weight is 199 g/mol. The summed E-state index contributed by atoms with van der Waals surface area (Å²) in [5.74, 6) is 0.0811. The van der Waals surface area contributed by atoms with Crippen molar-refractivity contribution in [2.24, 2.45) is 5.73 Å². The van der Waals surface area contributed by atoms with Gasteiger partial charge in [-0.15, -0.1) is 0 Å². The summed E-state index contributed by atoms with van der Waals surface area (Å²) in [6.07, 6.45) is 3.53. The van der Waals surface area contributed by atoms with Crippen LogP contribution in [0.1, 0.15) is 26.2 Å². The second-order valence-electron chi connectivity index (χ2n) is 4.07. The summed E-state index contributed by atoms with van der Waals surface area (Å²) in [5.41, 5.74) is 5.90. The Balaban J connectivity index is 2.49. The van der Waals surface area contributed by atoms with E-state index in [1.165, 1.54) is 12.8 Å². The molecule has 4 nitrogen and oxygen atoms in total. The van der Waals surface area contributed by atoms with Gasteiger partial charge in [0, 0.05) is 19.1 Å². The minimum Gasteiger partial charge on any atom is -0.358 e. The summed E-state index contributed by atoms with van der Waals surface area (Å²) >= 11 is 0. The van der Waals surface area contributed by atoms with Crippen molar-refractivity contribution in [2.45, 2.75) is 38.3 Å². The average Bonchev–Trinajstić information content (AvgIpc) is 2.18. The lowest BCUT2D eigenvalue weighted by molar-refractivity contribution is -0.122. The van der Waals surface area contributed by atoms with Crippen LogP contribution in [0.2, 0.25) is 0 Å². The van der Waals surface area contributed by atoms with Gasteiger partial charge in [-0.3, -0.25) is 9.69 Å². The van der Waals surface area contributed by atoms with Crippen LogP contribution in [0, 0.1) is 0 Å². The number of nitrogens with zero attached hydrogens (tertiary/aromatic N) is 1. The molecular weight excluding hydrogens is 178 g/mol. The highest BCUT2D eigenvalue weighted by atomic mass is 16.1. The number of rotatable bonds is 3. The van der Waals surface area contributed by atoms with E-state index in [4.69, 9.17) is 5.73 Å². The zero-order chi connectivity index (χ0) is 10.6. The first-order chi connectivity index (χ1) is 6.65. The summed E-state index contributed by atoms with van der Waals surface area (Å²) < 4.78 is 0. The molecule has 0 aliphatic carbocycles. The molecule has 3 N–H and O–H groups in total. The molecule has 2 atom stereocenters. The zero-order valence-electron chi connectivity index (χ0n) is 9.12. The van der Waals surface area contributed by atoms with Crippen molar-refractivity contribution in [3.63, 3.8) is 0 Å². The van der Waals surface area contributed by atoms with Crippen molar-refractivity contribution in [1.82, 2.24) is 10.2 Å². The monoisotopic (exact) mass is 199 g/mol. The van der Waals surface area contributed by atoms with Gasteiger partial charge in [-0.25, -0.2) is 0 Å². The summed E-state index contributed by atoms with van der Waals surface area (Å²) in [6.45, 7) is 3.51. The molecule has 1 saturated heterocycles. The van der Waals surface area contributed by atoms with Crippen LogP contribution in [-0.2, 0) is 4.79 Å². The fourth-order valence-electron chi connectivity index (χ4n) is 2.07. The van der Waals surface area contributed by atoms with Gasteiger partial charge >= 0.3 is 0 Å². The minimum absolute atomic E-state index is 0.0811. The van der Waals surface area contributed by atoms with Crippen molar-refractivity contribution in [2.75, 3.05) is 20.1 Å². The maximum absolute atomic E-state index is 11.3. The number of hydrogen-bond donors (Lipinski definition) is 2. The van der Waals surface area contributed by atoms with Crippen LogP contribution >= 0.6 is 0 Å². The molecule has 1 aliphatic rings. The number of nitrogens with one attached hydrogen (secondary N) is 1. The van der Waals surface area contributed by atoms with Crippen LogP contribution in [0.3, 0.4) is 0 Å². The van der Waals surface area contributed by atoms with Crippen molar-refractivity contribution >= 4 is 5.91 Å². The highest BCUT2D eigenvalue weighted by molar-refractivity contribution is 5.77. The number of likely N-dealkylation sites (N-methyl/N-ethyl adjacent to an activating group) is 1. The van der Waals surface area contributed by atoms with E-state index in [0.29, 0.717) is 12.6 Å². The largest absolute Gasteiger partial charge is 0.358 e. The standard InChI is InChI=1S/C10H21N3O/c1-8(11)9-5-3-4-6-13(9)7-10(14)12-2/h8-9H,3-7,11H2,1-2H3,(H,12,14). The van der Waals surface area contributed by atoms with Gasteiger partial charge in [0.15, 0.2) is 0 Å². The van der Waals surface area contributed by atoms with Crippen LogP contribution in [0.4, 0.5) is 0 Å². The molecule has 0 bridgehead atoms. The van der Waals surface area contributed by atoms with Crippen molar-refractivity contribution in [3.8, 4) is 0 Å². The number of piperidine rings is 1. The molecule has 0 aromatic rings. The molecule has 2 unspecified atom stereocenters. The number of amides is 1. The molecule has 14 heavy (non-hydrogen) atoms. The third kappa shape index (κ3) is 2.96. The lowest BCUT2D eigenvalue weighted by atomic mass is 9.97. The number of nitrogens with two attached hydrogens (primary N) is 1. The Morgan fingerprint density at radius 3 is 2.93 bits per heavy atom. The Hall–Kier alpha value is -0.610. The predicted octanol–water partition coefficient (Wildman–Crippen LogP) is -0.0659. The number of likely N-dealkylation sites (tertiary alicyclic amines) is 1. The van der Waals surface area contributed by atoms with Gasteiger partial charge in [0.2, 0.25) is 5.91 Å². The first kappa shape index (κ1) is 11.5. The minimum atomic E-state index is 0.0811. The van der Waals surface area contributed by atoms with E-state index in [9.17, 15) is 4.79 Å². The normalized spacial score (nSPS) is 25.8. The first-order valence-corrected chi connectivity index (χ1v) is 5.35. The smallest absolute Gasteiger partial charge is 0.233 e. The SMILES string of the molecule is CNC(=O)CN1CCCCC1C(C)N. The number of carbonyl (C=O) groups is 1. The van der Waals surface area contributed by atoms with Gasteiger partial charge in [-0.2, -0.15) is 0 Å². The highest BCUT2D eigenvalue weighted by Crippen LogP contribution is 2.18. The molecule has 1 fully saturated rings. The molecule has 1 aliphatic heterocycles. The van der Waals surface area contributed by atoms with E-state index in [1.54, 1.807) is 7.05 Å². The topological polar surface area (TPSA) is 58.4 Å². The second-order valence-corrected chi connectivity index (χ2v) is 4.07. The van der Waals surface area contributed by atoms with Crippen molar-refractivity contribution in [3.05, 3.63) is 0 Å². The van der Waals surface area contributed by atoms with Crippen LogP contribution in [0.5, 0.6) is 0 Å². The van der Waals surface area contributed by atoms with Crippen molar-refractivity contribution < 1.29 is 4.79 Å². The van der Waals surface area contributed by atoms with Gasteiger partial charge < -0.3 is 11.1 Å². The van der Waals surface area contributed by atoms with E-state index < -0.39 is 0 Å². The zero-order valence-corrected chi connectivity index (χ0v) is 9.12. The molecule has 0 radical (unpaired) electrons. The Morgan fingerprint density at radius 1 is 1.64 bits per heavy atom.